The lowest BCUT2D eigenvalue weighted by Crippen LogP contribution is -2.50. The lowest BCUT2D eigenvalue weighted by molar-refractivity contribution is 0.0204. The van der Waals surface area contributed by atoms with Crippen molar-refractivity contribution in [3.05, 3.63) is 96.1 Å². The van der Waals surface area contributed by atoms with Gasteiger partial charge in [-0.25, -0.2) is 8.42 Å². The number of hydrogen-bond donors (Lipinski definition) is 1. The number of methoxy groups -OCH3 is 1. The summed E-state index contributed by atoms with van der Waals surface area (Å²) in [5, 5.41) is 12.1. The van der Waals surface area contributed by atoms with Crippen LogP contribution in [0.3, 0.4) is 0 Å². The Kier molecular flexibility index (Phi) is 5.64. The van der Waals surface area contributed by atoms with E-state index in [0.29, 0.717) is 36.3 Å². The number of ether oxygens (including phenoxy) is 1. The third-order valence-electron chi connectivity index (χ3n) is 5.78. The molecule has 1 aliphatic heterocycles. The van der Waals surface area contributed by atoms with Gasteiger partial charge in [-0.1, -0.05) is 60.7 Å². The van der Waals surface area contributed by atoms with E-state index in [1.165, 1.54) is 4.31 Å². The Morgan fingerprint density at radius 2 is 1.43 bits per heavy atom. The maximum atomic E-state index is 13.5. The van der Waals surface area contributed by atoms with Crippen molar-refractivity contribution in [1.82, 2.24) is 4.31 Å². The summed E-state index contributed by atoms with van der Waals surface area (Å²) in [7, 11) is -2.25. The van der Waals surface area contributed by atoms with Crippen LogP contribution in [0.2, 0.25) is 0 Å². The average Bonchev–Trinajstić information content (AvgIpc) is 3.31. The van der Waals surface area contributed by atoms with Gasteiger partial charge in [-0.05, 0) is 48.2 Å². The maximum absolute atomic E-state index is 13.5. The van der Waals surface area contributed by atoms with Gasteiger partial charge in [0.05, 0.1) is 18.0 Å². The molecule has 4 rings (SSSR count). The second-order valence-corrected chi connectivity index (χ2v) is 9.34. The Bertz CT molecular complexity index is 1040. The summed E-state index contributed by atoms with van der Waals surface area (Å²) >= 11 is 0. The lowest BCUT2D eigenvalue weighted by Gasteiger charge is -2.39. The molecule has 156 valence electrons. The van der Waals surface area contributed by atoms with Crippen molar-refractivity contribution < 1.29 is 18.3 Å². The van der Waals surface area contributed by atoms with E-state index in [1.807, 2.05) is 60.7 Å². The second kappa shape index (κ2) is 8.22. The van der Waals surface area contributed by atoms with Crippen molar-refractivity contribution in [2.75, 3.05) is 13.7 Å². The van der Waals surface area contributed by atoms with Crippen LogP contribution in [0.25, 0.3) is 0 Å². The number of sulfonamides is 1. The predicted octanol–water partition coefficient (Wildman–Crippen LogP) is 3.78. The monoisotopic (exact) mass is 423 g/mol. The summed E-state index contributed by atoms with van der Waals surface area (Å²) in [6.45, 7) is 0.362. The fraction of sp³-hybridized carbons (Fsp3) is 0.250. The highest BCUT2D eigenvalue weighted by molar-refractivity contribution is 7.89. The number of hydrogen-bond acceptors (Lipinski definition) is 4. The molecule has 0 aliphatic carbocycles. The molecule has 5 nitrogen and oxygen atoms in total. The highest BCUT2D eigenvalue weighted by atomic mass is 32.2. The first-order chi connectivity index (χ1) is 14.5. The van der Waals surface area contributed by atoms with Gasteiger partial charge in [0.2, 0.25) is 10.0 Å². The van der Waals surface area contributed by atoms with Gasteiger partial charge in [0.25, 0.3) is 0 Å². The van der Waals surface area contributed by atoms with E-state index in [2.05, 4.69) is 0 Å². The third-order valence-corrected chi connectivity index (χ3v) is 7.70. The van der Waals surface area contributed by atoms with E-state index in [9.17, 15) is 13.5 Å². The van der Waals surface area contributed by atoms with Crippen LogP contribution in [-0.4, -0.2) is 37.5 Å². The summed E-state index contributed by atoms with van der Waals surface area (Å²) < 4.78 is 33.7. The molecule has 3 aromatic rings. The Balaban J connectivity index is 1.81. The van der Waals surface area contributed by atoms with Crippen molar-refractivity contribution in [3.63, 3.8) is 0 Å². The quantitative estimate of drug-likeness (QED) is 0.655. The number of rotatable bonds is 6. The summed E-state index contributed by atoms with van der Waals surface area (Å²) in [5.74, 6) is 0.594. The molecule has 0 aromatic heterocycles. The van der Waals surface area contributed by atoms with Gasteiger partial charge in [0, 0.05) is 6.54 Å². The topological polar surface area (TPSA) is 66.8 Å². The van der Waals surface area contributed by atoms with Crippen LogP contribution >= 0.6 is 0 Å². The molecule has 0 saturated carbocycles. The number of benzene rings is 3. The number of nitrogens with zero attached hydrogens (tertiary/aromatic N) is 1. The third kappa shape index (κ3) is 3.51. The zero-order valence-electron chi connectivity index (χ0n) is 16.8. The Morgan fingerprint density at radius 3 is 1.93 bits per heavy atom. The predicted molar refractivity (Wildman–Crippen MR) is 116 cm³/mol. The molecule has 0 bridgehead atoms. The van der Waals surface area contributed by atoms with Crippen LogP contribution < -0.4 is 4.74 Å². The van der Waals surface area contributed by atoms with E-state index < -0.39 is 21.7 Å². The van der Waals surface area contributed by atoms with Crippen LogP contribution in [0.5, 0.6) is 5.75 Å². The Hall–Kier alpha value is -2.67. The smallest absolute Gasteiger partial charge is 0.243 e. The van der Waals surface area contributed by atoms with Crippen LogP contribution in [0.1, 0.15) is 24.0 Å². The molecule has 0 unspecified atom stereocenters. The molecule has 3 aromatic carbocycles. The van der Waals surface area contributed by atoms with E-state index >= 15 is 0 Å². The highest BCUT2D eigenvalue weighted by Crippen LogP contribution is 2.42. The minimum absolute atomic E-state index is 0.193. The van der Waals surface area contributed by atoms with Crippen molar-refractivity contribution in [1.29, 1.82) is 0 Å². The first kappa shape index (κ1) is 20.6. The maximum Gasteiger partial charge on any atom is 0.243 e. The van der Waals surface area contributed by atoms with E-state index in [1.54, 1.807) is 31.4 Å². The normalized spacial score (nSPS) is 17.7. The summed E-state index contributed by atoms with van der Waals surface area (Å²) in [4.78, 5) is 0.193. The van der Waals surface area contributed by atoms with E-state index in [4.69, 9.17) is 4.74 Å². The summed E-state index contributed by atoms with van der Waals surface area (Å²) in [6, 6.07) is 24.4. The average molecular weight is 424 g/mol. The molecule has 1 aliphatic rings. The largest absolute Gasteiger partial charge is 0.497 e. The summed E-state index contributed by atoms with van der Waals surface area (Å²) in [5.41, 5.74) is -0.102. The molecule has 0 spiro atoms. The highest BCUT2D eigenvalue weighted by Gasteiger charge is 2.49. The fourth-order valence-electron chi connectivity index (χ4n) is 4.26. The first-order valence-electron chi connectivity index (χ1n) is 9.97. The molecular formula is C24H25NO4S. The lowest BCUT2D eigenvalue weighted by atomic mass is 9.79. The van der Waals surface area contributed by atoms with Crippen LogP contribution in [0, 0.1) is 0 Å². The van der Waals surface area contributed by atoms with Gasteiger partial charge in [0.1, 0.15) is 11.4 Å². The zero-order valence-corrected chi connectivity index (χ0v) is 17.6. The second-order valence-electron chi connectivity index (χ2n) is 7.45. The Morgan fingerprint density at radius 1 is 0.900 bits per heavy atom. The molecule has 6 heteroatoms. The zero-order chi connectivity index (χ0) is 21.2. The van der Waals surface area contributed by atoms with Crippen LogP contribution in [-0.2, 0) is 15.6 Å². The van der Waals surface area contributed by atoms with Crippen molar-refractivity contribution >= 4 is 10.0 Å². The van der Waals surface area contributed by atoms with Crippen molar-refractivity contribution in [2.24, 2.45) is 0 Å². The minimum Gasteiger partial charge on any atom is -0.497 e. The molecule has 1 heterocycles. The van der Waals surface area contributed by atoms with Crippen molar-refractivity contribution in [3.8, 4) is 5.75 Å². The molecule has 1 N–H and O–H groups in total. The van der Waals surface area contributed by atoms with Crippen molar-refractivity contribution in [2.45, 2.75) is 29.4 Å². The number of aliphatic hydroxyl groups is 1. The standard InChI is InChI=1S/C24H25NO4S/c1-29-21-14-16-22(17-15-21)30(27,28)25-18-8-13-23(25)24(26,19-9-4-2-5-10-19)20-11-6-3-7-12-20/h2-7,9-12,14-17,23,26H,8,13,18H2,1H3/t23-/m0/s1. The molecule has 1 atom stereocenters. The van der Waals surface area contributed by atoms with Gasteiger partial charge < -0.3 is 9.84 Å². The molecular weight excluding hydrogens is 398 g/mol. The Labute approximate surface area is 177 Å². The fourth-order valence-corrected chi connectivity index (χ4v) is 5.98. The van der Waals surface area contributed by atoms with E-state index in [-0.39, 0.29) is 4.90 Å². The summed E-state index contributed by atoms with van der Waals surface area (Å²) in [6.07, 6.45) is 1.25. The first-order valence-corrected chi connectivity index (χ1v) is 11.4. The molecule has 30 heavy (non-hydrogen) atoms. The van der Waals surface area contributed by atoms with Gasteiger partial charge in [-0.15, -0.1) is 0 Å². The molecule has 1 saturated heterocycles. The minimum atomic E-state index is -3.79. The van der Waals surface area contributed by atoms with Crippen LogP contribution in [0.15, 0.2) is 89.8 Å². The van der Waals surface area contributed by atoms with Gasteiger partial charge in [-0.3, -0.25) is 0 Å². The van der Waals surface area contributed by atoms with Crippen LogP contribution in [0.4, 0.5) is 0 Å². The molecule has 0 amide bonds. The van der Waals surface area contributed by atoms with Gasteiger partial charge in [-0.2, -0.15) is 4.31 Å². The van der Waals surface area contributed by atoms with E-state index in [0.717, 1.165) is 0 Å². The molecule has 0 radical (unpaired) electrons. The van der Waals surface area contributed by atoms with Gasteiger partial charge in [0.15, 0.2) is 0 Å². The van der Waals surface area contributed by atoms with Gasteiger partial charge >= 0.3 is 0 Å². The molecule has 1 fully saturated rings. The SMILES string of the molecule is COc1ccc(S(=O)(=O)N2CCC[C@H]2C(O)(c2ccccc2)c2ccccc2)cc1.